The van der Waals surface area contributed by atoms with Crippen LogP contribution in [0.5, 0.6) is 0 Å². The molecule has 0 unspecified atom stereocenters. The number of aliphatic hydroxyl groups is 2. The van der Waals surface area contributed by atoms with Crippen LogP contribution in [-0.4, -0.2) is 126 Å². The van der Waals surface area contributed by atoms with Crippen molar-refractivity contribution in [3.8, 4) is 22.4 Å². The number of aromatic nitrogens is 4. The van der Waals surface area contributed by atoms with E-state index in [0.717, 1.165) is 0 Å². The minimum absolute atomic E-state index is 0.0215. The van der Waals surface area contributed by atoms with Crippen molar-refractivity contribution < 1.29 is 37.9 Å². The third-order valence-electron chi connectivity index (χ3n) is 10.5. The first kappa shape index (κ1) is 39.0. The zero-order valence-corrected chi connectivity index (χ0v) is 32.0. The Morgan fingerprint density at radius 2 is 1.65 bits per heavy atom. The first-order valence-electron chi connectivity index (χ1n) is 17.8. The Bertz CT molecular complexity index is 2100. The van der Waals surface area contributed by atoms with Crippen molar-refractivity contribution in [2.45, 2.75) is 57.9 Å². The van der Waals surface area contributed by atoms with Crippen molar-refractivity contribution in [1.82, 2.24) is 29.1 Å². The van der Waals surface area contributed by atoms with Gasteiger partial charge in [-0.1, -0.05) is 17.7 Å². The van der Waals surface area contributed by atoms with Gasteiger partial charge in [-0.3, -0.25) is 19.1 Å². The molecule has 288 valence electrons. The highest BCUT2D eigenvalue weighted by atomic mass is 35.5. The van der Waals surface area contributed by atoms with Gasteiger partial charge in [0.25, 0.3) is 17.7 Å². The Morgan fingerprint density at radius 1 is 1.00 bits per heavy atom. The van der Waals surface area contributed by atoms with E-state index < -0.39 is 29.2 Å². The summed E-state index contributed by atoms with van der Waals surface area (Å²) < 4.78 is 34.6. The van der Waals surface area contributed by atoms with Gasteiger partial charge >= 0.3 is 0 Å². The highest BCUT2D eigenvalue weighted by Crippen LogP contribution is 2.34. The van der Waals surface area contributed by atoms with Crippen LogP contribution in [0.25, 0.3) is 22.4 Å². The summed E-state index contributed by atoms with van der Waals surface area (Å²) in [5.74, 6) is -3.22. The maximum absolute atomic E-state index is 15.6. The first-order chi connectivity index (χ1) is 25.4. The lowest BCUT2D eigenvalue weighted by atomic mass is 10.0. The van der Waals surface area contributed by atoms with Gasteiger partial charge in [0, 0.05) is 74.3 Å². The van der Waals surface area contributed by atoms with Crippen LogP contribution in [0.3, 0.4) is 0 Å². The summed E-state index contributed by atoms with van der Waals surface area (Å²) in [6.45, 7) is 7.43. The first-order valence-corrected chi connectivity index (χ1v) is 18.2. The topological polar surface area (TPSA) is 146 Å². The Hall–Kier alpha value is -4.70. The summed E-state index contributed by atoms with van der Waals surface area (Å²) in [6.07, 6.45) is 3.07. The maximum Gasteiger partial charge on any atom is 0.291 e. The molecule has 0 aliphatic carbocycles. The Morgan fingerprint density at radius 3 is 2.28 bits per heavy atom. The number of carbonyl (C=O) groups is 3. The summed E-state index contributed by atoms with van der Waals surface area (Å²) in [4.78, 5) is 47.5. The number of nitrogens with zero attached hydrogens (tertiary/aromatic N) is 7. The Labute approximate surface area is 317 Å². The molecule has 2 saturated heterocycles. The number of hydrogen-bond acceptors (Lipinski definition) is 7. The lowest BCUT2D eigenvalue weighted by Crippen LogP contribution is -2.58. The van der Waals surface area contributed by atoms with Crippen molar-refractivity contribution in [3.63, 3.8) is 0 Å². The second-order valence-corrected chi connectivity index (χ2v) is 15.8. The van der Waals surface area contributed by atoms with Gasteiger partial charge in [0.15, 0.2) is 23.5 Å². The molecule has 4 heterocycles. The van der Waals surface area contributed by atoms with Gasteiger partial charge in [-0.25, -0.2) is 13.8 Å². The highest BCUT2D eigenvalue weighted by Gasteiger charge is 2.46. The molecule has 2 aliphatic rings. The van der Waals surface area contributed by atoms with Crippen LogP contribution in [0.4, 0.5) is 14.5 Å². The lowest BCUT2D eigenvalue weighted by Gasteiger charge is -2.38. The molecular formula is C38H46ClF2N8O5+. The monoisotopic (exact) mass is 767 g/mol. The van der Waals surface area contributed by atoms with Crippen LogP contribution in [0, 0.1) is 18.6 Å². The number of carbonyl (C=O) groups excluding carboxylic acids is 3. The van der Waals surface area contributed by atoms with Crippen LogP contribution in [0.2, 0.25) is 5.02 Å². The van der Waals surface area contributed by atoms with E-state index in [9.17, 15) is 24.6 Å². The second-order valence-electron chi connectivity index (χ2n) is 15.4. The molecule has 13 nitrogen and oxygen atoms in total. The van der Waals surface area contributed by atoms with Gasteiger partial charge in [-0.05, 0) is 51.5 Å². The average molecular weight is 768 g/mol. The Kier molecular flexibility index (Phi) is 10.7. The predicted molar refractivity (Wildman–Crippen MR) is 199 cm³/mol. The van der Waals surface area contributed by atoms with E-state index >= 15 is 8.78 Å². The van der Waals surface area contributed by atoms with E-state index in [1.54, 1.807) is 35.3 Å². The van der Waals surface area contributed by atoms with Crippen LogP contribution in [0.15, 0.2) is 42.7 Å². The number of piperazine rings is 1. The van der Waals surface area contributed by atoms with Crippen molar-refractivity contribution >= 4 is 35.0 Å². The summed E-state index contributed by atoms with van der Waals surface area (Å²) in [5, 5.41) is 27.3. The lowest BCUT2D eigenvalue weighted by molar-refractivity contribution is -0.894. The van der Waals surface area contributed by atoms with Crippen molar-refractivity contribution in [3.05, 3.63) is 76.5 Å². The SMILES string of the molecule is Cc1c(-c2ccc(-c3cnc(C(=O)Nc4ccc(C(=O)N5CCN(C(=O)[C@@H]6C[C@@H](O)C[N+]6(C)C)CC5)c(Cl)c4)n3C)c(F)c2F)cnn1CCC(C)(C)O. The number of aliphatic hydroxyl groups excluding tert-OH is 1. The molecule has 2 atom stereocenters. The largest absolute Gasteiger partial charge is 0.390 e. The smallest absolute Gasteiger partial charge is 0.291 e. The van der Waals surface area contributed by atoms with E-state index in [1.165, 1.54) is 54.3 Å². The third kappa shape index (κ3) is 7.76. The molecule has 0 saturated carbocycles. The molecule has 6 rings (SSSR count). The average Bonchev–Trinajstić information content (AvgIpc) is 3.76. The minimum Gasteiger partial charge on any atom is -0.390 e. The number of halogens is 3. The number of quaternary nitrogens is 1. The Balaban J connectivity index is 1.10. The van der Waals surface area contributed by atoms with Gasteiger partial charge in [-0.2, -0.15) is 5.10 Å². The normalized spacial score (nSPS) is 18.6. The molecule has 0 spiro atoms. The van der Waals surface area contributed by atoms with Gasteiger partial charge in [0.05, 0.1) is 48.4 Å². The standard InChI is InChI=1S/C38H45ClF2N8O5/c1-22-28(19-43-48(22)12-11-38(2,3)54)25-9-10-27(33(41)32(25)40)30-20-42-34(45(30)4)35(51)44-23-7-8-26(29(39)17-23)36(52)46-13-15-47(16-14-46)37(53)31-18-24(50)21-49(31,5)6/h7-10,17,19-20,24,31,50,54H,11-16,18,21H2,1-6H3/p+1/t24-,31+/m1/s1. The summed E-state index contributed by atoms with van der Waals surface area (Å²) in [6, 6.07) is 7.06. The molecule has 0 radical (unpaired) electrons. The molecule has 3 amide bonds. The molecule has 2 aromatic heterocycles. The van der Waals surface area contributed by atoms with Crippen molar-refractivity contribution in [2.75, 3.05) is 52.1 Å². The molecular weight excluding hydrogens is 722 g/mol. The predicted octanol–water partition coefficient (Wildman–Crippen LogP) is 4.10. The van der Waals surface area contributed by atoms with E-state index in [2.05, 4.69) is 15.4 Å². The quantitative estimate of drug-likeness (QED) is 0.218. The number of aryl methyl sites for hydroxylation is 1. The van der Waals surface area contributed by atoms with Crippen molar-refractivity contribution in [2.24, 2.45) is 7.05 Å². The number of rotatable bonds is 9. The molecule has 2 aromatic carbocycles. The summed E-state index contributed by atoms with van der Waals surface area (Å²) in [5.41, 5.74) is 0.784. The highest BCUT2D eigenvalue weighted by molar-refractivity contribution is 6.34. The molecule has 0 bridgehead atoms. The van der Waals surface area contributed by atoms with Crippen LogP contribution in [0.1, 0.15) is 53.4 Å². The van der Waals surface area contributed by atoms with Crippen LogP contribution in [-0.2, 0) is 18.4 Å². The van der Waals surface area contributed by atoms with Gasteiger partial charge < -0.3 is 34.4 Å². The fraction of sp³-hybridized carbons (Fsp3) is 0.447. The molecule has 2 fully saturated rings. The van der Waals surface area contributed by atoms with E-state index in [4.69, 9.17) is 11.6 Å². The van der Waals surface area contributed by atoms with Crippen LogP contribution < -0.4 is 5.32 Å². The number of benzene rings is 2. The molecule has 3 N–H and O–H groups in total. The number of amides is 3. The van der Waals surface area contributed by atoms with E-state index in [-0.39, 0.29) is 51.1 Å². The molecule has 54 heavy (non-hydrogen) atoms. The number of nitrogens with one attached hydrogen (secondary N) is 1. The molecule has 2 aliphatic heterocycles. The zero-order valence-electron chi connectivity index (χ0n) is 31.2. The number of likely N-dealkylation sites (tertiary alicyclic amines) is 1. The number of hydrogen-bond donors (Lipinski definition) is 3. The van der Waals surface area contributed by atoms with E-state index in [1.807, 2.05) is 14.1 Å². The number of imidazole rings is 1. The molecule has 16 heteroatoms. The fourth-order valence-electron chi connectivity index (χ4n) is 7.29. The van der Waals surface area contributed by atoms with Gasteiger partial charge in [0.1, 0.15) is 12.6 Å². The summed E-state index contributed by atoms with van der Waals surface area (Å²) in [7, 11) is 5.39. The fourth-order valence-corrected chi connectivity index (χ4v) is 7.56. The maximum atomic E-state index is 15.6. The minimum atomic E-state index is -1.11. The third-order valence-corrected chi connectivity index (χ3v) is 10.8. The van der Waals surface area contributed by atoms with Gasteiger partial charge in [-0.15, -0.1) is 0 Å². The number of anilines is 1. The zero-order chi connectivity index (χ0) is 39.3. The van der Waals surface area contributed by atoms with Gasteiger partial charge in [0.2, 0.25) is 0 Å². The summed E-state index contributed by atoms with van der Waals surface area (Å²) >= 11 is 6.53. The molecule has 4 aromatic rings. The second kappa shape index (κ2) is 14.9. The van der Waals surface area contributed by atoms with E-state index in [0.29, 0.717) is 73.5 Å². The number of likely N-dealkylation sites (N-methyl/N-ethyl adjacent to an activating group) is 1. The van der Waals surface area contributed by atoms with Crippen LogP contribution >= 0.6 is 11.6 Å². The van der Waals surface area contributed by atoms with Crippen molar-refractivity contribution in [1.29, 1.82) is 0 Å².